The molecule has 5 heteroatoms. The van der Waals surface area contributed by atoms with Gasteiger partial charge in [0.2, 0.25) is 0 Å². The predicted octanol–water partition coefficient (Wildman–Crippen LogP) is 3.19. The fraction of sp³-hybridized carbons (Fsp3) is 0.412. The van der Waals surface area contributed by atoms with E-state index in [4.69, 9.17) is 9.26 Å². The van der Waals surface area contributed by atoms with Crippen LogP contribution < -0.4 is 5.32 Å². The Morgan fingerprint density at radius 2 is 2.05 bits per heavy atom. The number of ether oxygens (including phenoxy) is 1. The van der Waals surface area contributed by atoms with E-state index in [1.807, 2.05) is 44.2 Å². The van der Waals surface area contributed by atoms with Crippen molar-refractivity contribution in [2.75, 3.05) is 13.2 Å². The van der Waals surface area contributed by atoms with Crippen molar-refractivity contribution >= 4 is 5.91 Å². The summed E-state index contributed by atoms with van der Waals surface area (Å²) in [4.78, 5) is 12.4. The Hall–Kier alpha value is -2.14. The van der Waals surface area contributed by atoms with Gasteiger partial charge in [-0.2, -0.15) is 0 Å². The van der Waals surface area contributed by atoms with Crippen LogP contribution in [0.3, 0.4) is 0 Å². The lowest BCUT2D eigenvalue weighted by Gasteiger charge is -2.08. The topological polar surface area (TPSA) is 64.4 Å². The lowest BCUT2D eigenvalue weighted by atomic mass is 10.1. The first-order valence-electron chi connectivity index (χ1n) is 7.51. The highest BCUT2D eigenvalue weighted by Crippen LogP contribution is 2.24. The minimum atomic E-state index is -0.165. The Balaban J connectivity index is 2.00. The number of hydrogen-bond donors (Lipinski definition) is 1. The second kappa shape index (κ2) is 7.75. The van der Waals surface area contributed by atoms with Crippen LogP contribution in [0.15, 0.2) is 34.9 Å². The average molecular weight is 302 g/mol. The van der Waals surface area contributed by atoms with Crippen LogP contribution >= 0.6 is 0 Å². The van der Waals surface area contributed by atoms with Gasteiger partial charge in [0.1, 0.15) is 17.0 Å². The van der Waals surface area contributed by atoms with Gasteiger partial charge in [-0.25, -0.2) is 0 Å². The third-order valence-electron chi connectivity index (χ3n) is 3.19. The van der Waals surface area contributed by atoms with Crippen LogP contribution in [0.2, 0.25) is 0 Å². The first-order chi connectivity index (χ1) is 10.6. The molecule has 0 unspecified atom stereocenters. The maximum atomic E-state index is 12.4. The summed E-state index contributed by atoms with van der Waals surface area (Å²) in [5, 5.41) is 6.90. The van der Waals surface area contributed by atoms with E-state index >= 15 is 0 Å². The number of rotatable bonds is 7. The van der Waals surface area contributed by atoms with E-state index in [1.165, 1.54) is 0 Å². The predicted molar refractivity (Wildman–Crippen MR) is 84.7 cm³/mol. The molecule has 5 nitrogen and oxygen atoms in total. The Morgan fingerprint density at radius 1 is 1.32 bits per heavy atom. The first-order valence-corrected chi connectivity index (χ1v) is 7.51. The van der Waals surface area contributed by atoms with Gasteiger partial charge in [0.15, 0.2) is 0 Å². The first kappa shape index (κ1) is 16.2. The van der Waals surface area contributed by atoms with Crippen LogP contribution in [0.4, 0.5) is 0 Å². The highest BCUT2D eigenvalue weighted by atomic mass is 16.5. The van der Waals surface area contributed by atoms with Gasteiger partial charge < -0.3 is 14.6 Å². The molecule has 118 valence electrons. The fourth-order valence-electron chi connectivity index (χ4n) is 2.11. The van der Waals surface area contributed by atoms with E-state index in [-0.39, 0.29) is 12.0 Å². The molecule has 0 aliphatic rings. The van der Waals surface area contributed by atoms with Crippen molar-refractivity contribution in [1.29, 1.82) is 0 Å². The summed E-state index contributed by atoms with van der Waals surface area (Å²) in [7, 11) is 0. The van der Waals surface area contributed by atoms with E-state index < -0.39 is 0 Å². The summed E-state index contributed by atoms with van der Waals surface area (Å²) in [6, 6.07) is 9.55. The van der Waals surface area contributed by atoms with E-state index in [9.17, 15) is 4.79 Å². The smallest absolute Gasteiger partial charge is 0.257 e. The molecule has 0 atom stereocenters. The lowest BCUT2D eigenvalue weighted by molar-refractivity contribution is 0.0757. The summed E-state index contributed by atoms with van der Waals surface area (Å²) in [5.41, 5.74) is 1.94. The molecule has 1 heterocycles. The van der Waals surface area contributed by atoms with Gasteiger partial charge in [-0.15, -0.1) is 0 Å². The van der Waals surface area contributed by atoms with Crippen molar-refractivity contribution in [3.05, 3.63) is 41.7 Å². The summed E-state index contributed by atoms with van der Waals surface area (Å²) in [6.45, 7) is 6.92. The van der Waals surface area contributed by atoms with Gasteiger partial charge in [-0.05, 0) is 27.2 Å². The highest BCUT2D eigenvalue weighted by molar-refractivity contribution is 6.00. The van der Waals surface area contributed by atoms with Crippen molar-refractivity contribution in [1.82, 2.24) is 10.5 Å². The molecule has 1 aromatic heterocycles. The molecule has 1 N–H and O–H groups in total. The van der Waals surface area contributed by atoms with Crippen molar-refractivity contribution < 1.29 is 14.1 Å². The normalized spacial score (nSPS) is 10.9. The second-order valence-electron chi connectivity index (χ2n) is 5.36. The summed E-state index contributed by atoms with van der Waals surface area (Å²) in [5.74, 6) is 0.358. The van der Waals surface area contributed by atoms with Gasteiger partial charge in [-0.1, -0.05) is 35.5 Å². The SMILES string of the molecule is Cc1onc(-c2ccccc2)c1C(=O)NCCCOC(C)C. The van der Waals surface area contributed by atoms with Crippen LogP contribution in [-0.2, 0) is 4.74 Å². The van der Waals surface area contributed by atoms with Gasteiger partial charge in [-0.3, -0.25) is 4.79 Å². The number of carbonyl (C=O) groups excluding carboxylic acids is 1. The Kier molecular flexibility index (Phi) is 5.72. The zero-order valence-corrected chi connectivity index (χ0v) is 13.3. The second-order valence-corrected chi connectivity index (χ2v) is 5.36. The number of hydrogen-bond acceptors (Lipinski definition) is 4. The number of aromatic nitrogens is 1. The fourth-order valence-corrected chi connectivity index (χ4v) is 2.11. The molecule has 1 aromatic carbocycles. The molecule has 0 aliphatic heterocycles. The van der Waals surface area contributed by atoms with Crippen LogP contribution in [0.1, 0.15) is 36.4 Å². The Morgan fingerprint density at radius 3 is 2.73 bits per heavy atom. The minimum absolute atomic E-state index is 0.165. The van der Waals surface area contributed by atoms with Gasteiger partial charge in [0.25, 0.3) is 5.91 Å². The molecule has 0 fully saturated rings. The maximum Gasteiger partial charge on any atom is 0.257 e. The third-order valence-corrected chi connectivity index (χ3v) is 3.19. The highest BCUT2D eigenvalue weighted by Gasteiger charge is 2.20. The zero-order chi connectivity index (χ0) is 15.9. The average Bonchev–Trinajstić information content (AvgIpc) is 2.89. The molecule has 0 aliphatic carbocycles. The van der Waals surface area contributed by atoms with Crippen molar-refractivity contribution in [3.63, 3.8) is 0 Å². The minimum Gasteiger partial charge on any atom is -0.379 e. The molecule has 0 bridgehead atoms. The van der Waals surface area contributed by atoms with Crippen molar-refractivity contribution in [2.45, 2.75) is 33.3 Å². The number of nitrogens with one attached hydrogen (secondary N) is 1. The summed E-state index contributed by atoms with van der Waals surface area (Å²) in [6.07, 6.45) is 0.982. The molecule has 22 heavy (non-hydrogen) atoms. The zero-order valence-electron chi connectivity index (χ0n) is 13.3. The van der Waals surface area contributed by atoms with E-state index in [2.05, 4.69) is 10.5 Å². The van der Waals surface area contributed by atoms with E-state index in [1.54, 1.807) is 6.92 Å². The molecule has 1 amide bonds. The van der Waals surface area contributed by atoms with Crippen LogP contribution in [0.5, 0.6) is 0 Å². The van der Waals surface area contributed by atoms with Crippen LogP contribution in [0, 0.1) is 6.92 Å². The molecule has 0 saturated heterocycles. The van der Waals surface area contributed by atoms with E-state index in [0.717, 1.165) is 12.0 Å². The molecule has 0 spiro atoms. The van der Waals surface area contributed by atoms with Crippen LogP contribution in [0.25, 0.3) is 11.3 Å². The van der Waals surface area contributed by atoms with Crippen molar-refractivity contribution in [2.24, 2.45) is 0 Å². The van der Waals surface area contributed by atoms with Crippen molar-refractivity contribution in [3.8, 4) is 11.3 Å². The van der Waals surface area contributed by atoms with Gasteiger partial charge >= 0.3 is 0 Å². The number of aryl methyl sites for hydroxylation is 1. The Bertz CT molecular complexity index is 606. The van der Waals surface area contributed by atoms with Crippen LogP contribution in [-0.4, -0.2) is 30.3 Å². The number of benzene rings is 1. The Labute approximate surface area is 130 Å². The number of nitrogens with zero attached hydrogens (tertiary/aromatic N) is 1. The van der Waals surface area contributed by atoms with Gasteiger partial charge in [0, 0.05) is 18.7 Å². The molecule has 2 aromatic rings. The standard InChI is InChI=1S/C17H22N2O3/c1-12(2)21-11-7-10-18-17(20)15-13(3)22-19-16(15)14-8-5-4-6-9-14/h4-6,8-9,12H,7,10-11H2,1-3H3,(H,18,20). The molecular weight excluding hydrogens is 280 g/mol. The number of carbonyl (C=O) groups is 1. The quantitative estimate of drug-likeness (QED) is 0.798. The number of amides is 1. The summed E-state index contributed by atoms with van der Waals surface area (Å²) >= 11 is 0. The maximum absolute atomic E-state index is 12.4. The van der Waals surface area contributed by atoms with Gasteiger partial charge in [0.05, 0.1) is 6.10 Å². The third kappa shape index (κ3) is 4.18. The monoisotopic (exact) mass is 302 g/mol. The van der Waals surface area contributed by atoms with E-state index in [0.29, 0.717) is 30.2 Å². The molecule has 2 rings (SSSR count). The molecule has 0 saturated carbocycles. The lowest BCUT2D eigenvalue weighted by Crippen LogP contribution is -2.26. The largest absolute Gasteiger partial charge is 0.379 e. The molecule has 0 radical (unpaired) electrons. The molecular formula is C17H22N2O3. The summed E-state index contributed by atoms with van der Waals surface area (Å²) < 4.78 is 10.6.